The fourth-order valence-corrected chi connectivity index (χ4v) is 3.95. The number of nitriles is 1. The Hall–Kier alpha value is -3.06. The number of sulfone groups is 1. The molecule has 1 N–H and O–H groups in total. The fraction of sp³-hybridized carbons (Fsp3) is 0.364. The molecule has 0 aromatic heterocycles. The van der Waals surface area contributed by atoms with Crippen molar-refractivity contribution in [1.29, 1.82) is 5.26 Å². The van der Waals surface area contributed by atoms with Crippen LogP contribution in [0.2, 0.25) is 0 Å². The van der Waals surface area contributed by atoms with Crippen LogP contribution in [0.5, 0.6) is 11.5 Å². The van der Waals surface area contributed by atoms with E-state index in [1.807, 2.05) is 27.7 Å². The Morgan fingerprint density at radius 1 is 1.09 bits per heavy atom. The van der Waals surface area contributed by atoms with Crippen LogP contribution >= 0.6 is 0 Å². The number of hydrogen-bond donors (Lipinski definition) is 1. The SMILES string of the molecule is CC(C)c1c(O)ccc(C=O)c1C(C)C.N#CCS(=O)(=O)c1cccc(OC(F)(F)F)c1. The highest BCUT2D eigenvalue weighted by Gasteiger charge is 2.31. The lowest BCUT2D eigenvalue weighted by molar-refractivity contribution is -0.274. The summed E-state index contributed by atoms with van der Waals surface area (Å²) in [6.45, 7) is 8.12. The maximum Gasteiger partial charge on any atom is 0.573 e. The number of carbonyl (C=O) groups is 1. The number of phenolic OH excluding ortho intramolecular Hbond substituents is 1. The van der Waals surface area contributed by atoms with Crippen LogP contribution in [0.1, 0.15) is 61.0 Å². The lowest BCUT2D eigenvalue weighted by Crippen LogP contribution is -2.17. The second kappa shape index (κ2) is 11.0. The number of halogens is 3. The van der Waals surface area contributed by atoms with Crippen LogP contribution in [-0.2, 0) is 9.84 Å². The lowest BCUT2D eigenvalue weighted by atomic mass is 9.86. The molecule has 0 heterocycles. The van der Waals surface area contributed by atoms with Crippen LogP contribution in [-0.4, -0.2) is 31.9 Å². The molecule has 0 unspecified atom stereocenters. The van der Waals surface area contributed by atoms with Crippen LogP contribution in [0.3, 0.4) is 0 Å². The third-order valence-electron chi connectivity index (χ3n) is 4.23. The number of aldehydes is 1. The van der Waals surface area contributed by atoms with E-state index in [0.717, 1.165) is 41.7 Å². The smallest absolute Gasteiger partial charge is 0.508 e. The van der Waals surface area contributed by atoms with Gasteiger partial charge in [-0.05, 0) is 47.7 Å². The third-order valence-corrected chi connectivity index (χ3v) is 5.71. The number of hydrogen-bond acceptors (Lipinski definition) is 6. The zero-order valence-corrected chi connectivity index (χ0v) is 18.8. The summed E-state index contributed by atoms with van der Waals surface area (Å²) >= 11 is 0. The van der Waals surface area contributed by atoms with Gasteiger partial charge in [0, 0.05) is 11.1 Å². The minimum Gasteiger partial charge on any atom is -0.508 e. The van der Waals surface area contributed by atoms with Gasteiger partial charge in [-0.3, -0.25) is 4.79 Å². The Bertz CT molecular complexity index is 1090. The molecule has 0 saturated carbocycles. The van der Waals surface area contributed by atoms with Crippen molar-refractivity contribution in [2.75, 3.05) is 5.75 Å². The van der Waals surface area contributed by atoms with Crippen molar-refractivity contribution in [3.63, 3.8) is 0 Å². The van der Waals surface area contributed by atoms with E-state index in [1.165, 1.54) is 6.07 Å². The summed E-state index contributed by atoms with van der Waals surface area (Å²) in [5.74, 6) is -0.685. The molecule has 32 heavy (non-hydrogen) atoms. The van der Waals surface area contributed by atoms with E-state index in [-0.39, 0.29) is 16.7 Å². The van der Waals surface area contributed by atoms with Crippen LogP contribution in [0.4, 0.5) is 13.2 Å². The number of rotatable bonds is 6. The number of carbonyl (C=O) groups excluding carboxylic acids is 1. The Morgan fingerprint density at radius 3 is 2.16 bits per heavy atom. The standard InChI is InChI=1S/C13H18O2.C9H6F3NO3S/c1-8(2)12-10(7-14)5-6-11(15)13(12)9(3)4;10-9(11,12)16-7-2-1-3-8(6-7)17(14,15)5-4-13/h5-9,15H,1-4H3;1-3,6H,5H2. The normalized spacial score (nSPS) is 11.5. The molecule has 2 rings (SSSR count). The highest BCUT2D eigenvalue weighted by atomic mass is 32.2. The number of nitrogens with zero attached hydrogens (tertiary/aromatic N) is 1. The van der Waals surface area contributed by atoms with Gasteiger partial charge in [-0.25, -0.2) is 8.42 Å². The zero-order valence-electron chi connectivity index (χ0n) is 18.0. The molecule has 0 aliphatic rings. The highest BCUT2D eigenvalue weighted by Crippen LogP contribution is 2.35. The van der Waals surface area contributed by atoms with Crippen molar-refractivity contribution in [2.45, 2.75) is 50.8 Å². The molecular weight excluding hydrogens is 447 g/mol. The van der Waals surface area contributed by atoms with E-state index in [0.29, 0.717) is 11.3 Å². The molecule has 2 aromatic rings. The summed E-state index contributed by atoms with van der Waals surface area (Å²) in [6, 6.07) is 8.60. The molecule has 0 aliphatic carbocycles. The van der Waals surface area contributed by atoms with Gasteiger partial charge in [-0.2, -0.15) is 5.26 Å². The van der Waals surface area contributed by atoms with E-state index in [9.17, 15) is 31.5 Å². The van der Waals surface area contributed by atoms with Gasteiger partial charge < -0.3 is 9.84 Å². The van der Waals surface area contributed by atoms with Crippen molar-refractivity contribution < 1.29 is 36.2 Å². The summed E-state index contributed by atoms with van der Waals surface area (Å²) in [5, 5.41) is 18.1. The molecule has 0 amide bonds. The second-order valence-corrected chi connectivity index (χ2v) is 9.36. The van der Waals surface area contributed by atoms with Gasteiger partial charge in [0.15, 0.2) is 9.84 Å². The summed E-state index contributed by atoms with van der Waals surface area (Å²) in [5.41, 5.74) is 2.56. The lowest BCUT2D eigenvalue weighted by Gasteiger charge is -2.19. The maximum atomic E-state index is 11.9. The maximum absolute atomic E-state index is 11.9. The third kappa shape index (κ3) is 7.57. The van der Waals surface area contributed by atoms with Crippen LogP contribution in [0, 0.1) is 11.3 Å². The van der Waals surface area contributed by atoms with Crippen molar-refractivity contribution in [2.24, 2.45) is 0 Å². The van der Waals surface area contributed by atoms with Crippen LogP contribution in [0.15, 0.2) is 41.3 Å². The predicted octanol–water partition coefficient (Wildman–Crippen LogP) is 5.33. The number of aromatic hydroxyl groups is 1. The number of ether oxygens (including phenoxy) is 1. The fourth-order valence-electron chi connectivity index (χ4n) is 3.03. The van der Waals surface area contributed by atoms with Crippen molar-refractivity contribution in [3.8, 4) is 17.6 Å². The second-order valence-electron chi connectivity index (χ2n) is 7.37. The molecular formula is C22H24F3NO5S. The number of phenols is 1. The zero-order chi connectivity index (χ0) is 24.7. The first-order valence-electron chi connectivity index (χ1n) is 9.50. The molecule has 2 aromatic carbocycles. The van der Waals surface area contributed by atoms with Gasteiger partial charge in [0.2, 0.25) is 0 Å². The summed E-state index contributed by atoms with van der Waals surface area (Å²) in [6.07, 6.45) is -4.03. The van der Waals surface area contributed by atoms with E-state index in [2.05, 4.69) is 4.74 Å². The van der Waals surface area contributed by atoms with Gasteiger partial charge in [0.05, 0.1) is 11.0 Å². The van der Waals surface area contributed by atoms with Crippen molar-refractivity contribution >= 4 is 16.1 Å². The minimum atomic E-state index is -4.89. The molecule has 174 valence electrons. The first-order valence-corrected chi connectivity index (χ1v) is 11.1. The molecule has 0 spiro atoms. The Morgan fingerprint density at radius 2 is 1.69 bits per heavy atom. The average Bonchev–Trinajstić information content (AvgIpc) is 2.66. The van der Waals surface area contributed by atoms with Crippen LogP contribution < -0.4 is 4.74 Å². The van der Waals surface area contributed by atoms with E-state index in [4.69, 9.17) is 5.26 Å². The van der Waals surface area contributed by atoms with E-state index < -0.39 is 27.7 Å². The van der Waals surface area contributed by atoms with Gasteiger partial charge in [-0.15, -0.1) is 13.2 Å². The topological polar surface area (TPSA) is 104 Å². The van der Waals surface area contributed by atoms with Crippen LogP contribution in [0.25, 0.3) is 0 Å². The molecule has 0 fully saturated rings. The van der Waals surface area contributed by atoms with E-state index >= 15 is 0 Å². The van der Waals surface area contributed by atoms with Gasteiger partial charge in [0.25, 0.3) is 0 Å². The molecule has 6 nitrogen and oxygen atoms in total. The van der Waals surface area contributed by atoms with E-state index in [1.54, 1.807) is 12.1 Å². The monoisotopic (exact) mass is 471 g/mol. The summed E-state index contributed by atoms with van der Waals surface area (Å²) in [7, 11) is -3.90. The Labute approximate surface area is 185 Å². The number of alkyl halides is 3. The Balaban J connectivity index is 0.000000323. The summed E-state index contributed by atoms with van der Waals surface area (Å²) < 4.78 is 62.0. The first kappa shape index (κ1) is 27.0. The van der Waals surface area contributed by atoms with Gasteiger partial charge >= 0.3 is 6.36 Å². The molecule has 10 heteroatoms. The van der Waals surface area contributed by atoms with Crippen molar-refractivity contribution in [1.82, 2.24) is 0 Å². The average molecular weight is 471 g/mol. The molecule has 0 bridgehead atoms. The highest BCUT2D eigenvalue weighted by molar-refractivity contribution is 7.91. The first-order chi connectivity index (χ1) is 14.7. The Kier molecular flexibility index (Phi) is 9.27. The molecule has 0 atom stereocenters. The molecule has 0 radical (unpaired) electrons. The predicted molar refractivity (Wildman–Crippen MR) is 112 cm³/mol. The minimum absolute atomic E-state index is 0.224. The quantitative estimate of drug-likeness (QED) is 0.571. The molecule has 0 aliphatic heterocycles. The van der Waals surface area contributed by atoms with Crippen molar-refractivity contribution in [3.05, 3.63) is 53.1 Å². The molecule has 0 saturated heterocycles. The number of benzene rings is 2. The van der Waals surface area contributed by atoms with Gasteiger partial charge in [-0.1, -0.05) is 33.8 Å². The van der Waals surface area contributed by atoms with Gasteiger partial charge in [0.1, 0.15) is 23.5 Å². The summed E-state index contributed by atoms with van der Waals surface area (Å²) in [4.78, 5) is 10.5. The largest absolute Gasteiger partial charge is 0.573 e.